The number of pyridine rings is 1. The fourth-order valence-electron chi connectivity index (χ4n) is 4.91. The Kier molecular flexibility index (Phi) is 6.35. The number of ketones is 1. The molecule has 1 atom stereocenters. The van der Waals surface area contributed by atoms with Gasteiger partial charge in [0, 0.05) is 37.4 Å². The van der Waals surface area contributed by atoms with E-state index < -0.39 is 17.7 Å². The van der Waals surface area contributed by atoms with Crippen molar-refractivity contribution in [3.63, 3.8) is 0 Å². The summed E-state index contributed by atoms with van der Waals surface area (Å²) in [5.74, 6) is -1.55. The number of aryl methyl sites for hydroxylation is 2. The molecular formula is C26H27ClN4O4. The van der Waals surface area contributed by atoms with Gasteiger partial charge in [-0.1, -0.05) is 29.8 Å². The van der Waals surface area contributed by atoms with Gasteiger partial charge in [0.25, 0.3) is 11.7 Å². The molecule has 5 rings (SSSR count). The molecule has 2 aliphatic heterocycles. The molecule has 0 radical (unpaired) electrons. The van der Waals surface area contributed by atoms with Crippen LogP contribution in [0.25, 0.3) is 11.4 Å². The molecule has 0 aliphatic carbocycles. The number of ether oxygens (including phenoxy) is 1. The topological polar surface area (TPSA) is 87.4 Å². The molecule has 4 heterocycles. The summed E-state index contributed by atoms with van der Waals surface area (Å²) in [6, 6.07) is 10.1. The summed E-state index contributed by atoms with van der Waals surface area (Å²) in [5.41, 5.74) is 3.39. The summed E-state index contributed by atoms with van der Waals surface area (Å²) >= 11 is 6.12. The lowest BCUT2D eigenvalue weighted by molar-refractivity contribution is -0.140. The first-order valence-electron chi connectivity index (χ1n) is 11.7. The van der Waals surface area contributed by atoms with Crippen molar-refractivity contribution in [2.45, 2.75) is 19.9 Å². The van der Waals surface area contributed by atoms with Crippen molar-refractivity contribution >= 4 is 34.7 Å². The number of morpholine rings is 1. The van der Waals surface area contributed by atoms with Crippen LogP contribution in [0.5, 0.6) is 0 Å². The minimum Gasteiger partial charge on any atom is -0.505 e. The lowest BCUT2D eigenvalue weighted by atomic mass is 9.96. The van der Waals surface area contributed by atoms with Crippen LogP contribution in [0.15, 0.2) is 48.2 Å². The van der Waals surface area contributed by atoms with E-state index in [1.807, 2.05) is 19.1 Å². The lowest BCUT2D eigenvalue weighted by Gasteiger charge is -2.31. The van der Waals surface area contributed by atoms with Gasteiger partial charge in [0.15, 0.2) is 5.76 Å². The number of hydrogen-bond acceptors (Lipinski definition) is 6. The number of hydrogen-bond donors (Lipinski definition) is 1. The second-order valence-electron chi connectivity index (χ2n) is 8.93. The van der Waals surface area contributed by atoms with Crippen LogP contribution in [0, 0.1) is 13.8 Å². The number of rotatable bonds is 5. The summed E-state index contributed by atoms with van der Waals surface area (Å²) in [4.78, 5) is 35.0. The number of aliphatic hydroxyl groups excluding tert-OH is 1. The van der Waals surface area contributed by atoms with Crippen LogP contribution in [0.4, 0.5) is 0 Å². The van der Waals surface area contributed by atoms with Crippen LogP contribution in [0.2, 0.25) is 5.02 Å². The molecule has 182 valence electrons. The van der Waals surface area contributed by atoms with E-state index in [1.54, 1.807) is 46.7 Å². The van der Waals surface area contributed by atoms with Gasteiger partial charge in [0.1, 0.15) is 11.3 Å². The molecule has 0 bridgehead atoms. The van der Waals surface area contributed by atoms with Gasteiger partial charge in [-0.2, -0.15) is 0 Å². The Hall–Kier alpha value is -3.20. The fourth-order valence-corrected chi connectivity index (χ4v) is 5.03. The highest BCUT2D eigenvalue weighted by molar-refractivity contribution is 6.46. The largest absolute Gasteiger partial charge is 0.505 e. The monoisotopic (exact) mass is 494 g/mol. The number of likely N-dealkylation sites (tertiary alicyclic amines) is 1. The molecule has 35 heavy (non-hydrogen) atoms. The summed E-state index contributed by atoms with van der Waals surface area (Å²) < 4.78 is 7.18. The lowest BCUT2D eigenvalue weighted by Crippen LogP contribution is -2.42. The first-order chi connectivity index (χ1) is 16.9. The van der Waals surface area contributed by atoms with Gasteiger partial charge in [-0.3, -0.25) is 18.9 Å². The summed E-state index contributed by atoms with van der Waals surface area (Å²) in [5, 5.41) is 12.1. The van der Waals surface area contributed by atoms with Crippen molar-refractivity contribution in [2.24, 2.45) is 0 Å². The highest BCUT2D eigenvalue weighted by Crippen LogP contribution is 2.40. The van der Waals surface area contributed by atoms with E-state index in [0.717, 1.165) is 18.7 Å². The quantitative estimate of drug-likeness (QED) is 0.332. The van der Waals surface area contributed by atoms with E-state index in [2.05, 4.69) is 9.88 Å². The van der Waals surface area contributed by atoms with Gasteiger partial charge >= 0.3 is 0 Å². The average molecular weight is 495 g/mol. The molecule has 2 saturated heterocycles. The number of benzene rings is 1. The highest BCUT2D eigenvalue weighted by Gasteiger charge is 2.46. The minimum atomic E-state index is -0.733. The number of Topliss-reactive ketones (excluding diaryl/α,β-unsaturated/α-hetero) is 1. The van der Waals surface area contributed by atoms with Crippen LogP contribution in [-0.2, 0) is 14.3 Å². The van der Waals surface area contributed by atoms with Crippen LogP contribution >= 0.6 is 11.6 Å². The first kappa shape index (κ1) is 23.5. The Bertz CT molecular complexity index is 1330. The molecule has 0 spiro atoms. The number of nitrogens with zero attached hydrogens (tertiary/aromatic N) is 4. The Morgan fingerprint density at radius 1 is 1.11 bits per heavy atom. The molecular weight excluding hydrogens is 468 g/mol. The zero-order valence-electron chi connectivity index (χ0n) is 19.7. The van der Waals surface area contributed by atoms with Crippen LogP contribution in [-0.4, -0.2) is 75.4 Å². The molecule has 0 unspecified atom stereocenters. The van der Waals surface area contributed by atoms with E-state index in [1.165, 1.54) is 0 Å². The zero-order valence-corrected chi connectivity index (χ0v) is 20.5. The number of aliphatic hydroxyl groups is 1. The second kappa shape index (κ2) is 9.45. The third kappa shape index (κ3) is 4.22. The maximum atomic E-state index is 13.4. The molecule has 8 nitrogen and oxygen atoms in total. The fraction of sp³-hybridized carbons (Fsp3) is 0.346. The van der Waals surface area contributed by atoms with Gasteiger partial charge in [0.05, 0.1) is 30.5 Å². The van der Waals surface area contributed by atoms with Crippen LogP contribution < -0.4 is 0 Å². The Morgan fingerprint density at radius 3 is 2.54 bits per heavy atom. The molecule has 3 aromatic rings. The third-order valence-corrected chi connectivity index (χ3v) is 6.98. The maximum absolute atomic E-state index is 13.4. The van der Waals surface area contributed by atoms with E-state index in [9.17, 15) is 14.7 Å². The number of fused-ring (bicyclic) bond motifs is 1. The summed E-state index contributed by atoms with van der Waals surface area (Å²) in [7, 11) is 0. The zero-order chi connectivity index (χ0) is 24.7. The molecule has 2 fully saturated rings. The predicted molar refractivity (Wildman–Crippen MR) is 132 cm³/mol. The summed E-state index contributed by atoms with van der Waals surface area (Å²) in [6.45, 7) is 7.51. The van der Waals surface area contributed by atoms with Crippen molar-refractivity contribution in [3.8, 4) is 0 Å². The normalized spacial score (nSPS) is 20.8. The molecule has 2 aromatic heterocycles. The average Bonchev–Trinajstić information content (AvgIpc) is 3.33. The number of carbonyl (C=O) groups is 2. The molecule has 2 aliphatic rings. The number of aromatic nitrogens is 2. The molecule has 1 N–H and O–H groups in total. The number of halogens is 1. The number of amides is 1. The van der Waals surface area contributed by atoms with E-state index in [4.69, 9.17) is 16.3 Å². The van der Waals surface area contributed by atoms with Gasteiger partial charge < -0.3 is 14.7 Å². The van der Waals surface area contributed by atoms with Crippen LogP contribution in [0.3, 0.4) is 0 Å². The first-order valence-corrected chi connectivity index (χ1v) is 12.0. The van der Waals surface area contributed by atoms with Crippen molar-refractivity contribution in [3.05, 3.63) is 75.7 Å². The van der Waals surface area contributed by atoms with Gasteiger partial charge in [0.2, 0.25) is 0 Å². The molecule has 1 amide bonds. The van der Waals surface area contributed by atoms with Crippen LogP contribution in [0.1, 0.15) is 28.6 Å². The summed E-state index contributed by atoms with van der Waals surface area (Å²) in [6.07, 6.45) is 1.79. The van der Waals surface area contributed by atoms with Gasteiger partial charge in [-0.15, -0.1) is 0 Å². The third-order valence-electron chi connectivity index (χ3n) is 6.73. The van der Waals surface area contributed by atoms with Crippen molar-refractivity contribution in [2.75, 3.05) is 39.4 Å². The van der Waals surface area contributed by atoms with Gasteiger partial charge in [-0.05, 0) is 43.2 Å². The second-order valence-corrected chi connectivity index (χ2v) is 9.37. The van der Waals surface area contributed by atoms with Crippen molar-refractivity contribution < 1.29 is 19.4 Å². The van der Waals surface area contributed by atoms with E-state index >= 15 is 0 Å². The predicted octanol–water partition coefficient (Wildman–Crippen LogP) is 3.36. The number of imidazole rings is 1. The van der Waals surface area contributed by atoms with Gasteiger partial charge in [-0.25, -0.2) is 4.98 Å². The number of carbonyl (C=O) groups excluding carboxylic acids is 2. The molecule has 1 aromatic carbocycles. The highest BCUT2D eigenvalue weighted by atomic mass is 35.5. The minimum absolute atomic E-state index is 0.0608. The molecule has 0 saturated carbocycles. The van der Waals surface area contributed by atoms with Crippen molar-refractivity contribution in [1.29, 1.82) is 0 Å². The van der Waals surface area contributed by atoms with E-state index in [0.29, 0.717) is 53.9 Å². The SMILES string of the molecule is Cc1nc2c(C)cccn2c1C(O)=C1C(=O)C(=O)N(CCN2CCOCC2)[C@@H]1c1ccc(Cl)cc1. The smallest absolute Gasteiger partial charge is 0.295 e. The standard InChI is InChI=1S/C26H27ClN4O4/c1-16-4-3-9-30-21(17(2)28-25(16)30)23(32)20-22(18-5-7-19(27)8-6-18)31(26(34)24(20)33)11-10-29-12-14-35-15-13-29/h3-9,22,32H,10-15H2,1-2H3/t22-/m1/s1. The Labute approximate surface area is 208 Å². The maximum Gasteiger partial charge on any atom is 0.295 e. The Morgan fingerprint density at radius 2 is 1.83 bits per heavy atom. The van der Waals surface area contributed by atoms with Crippen molar-refractivity contribution in [1.82, 2.24) is 19.2 Å². The van der Waals surface area contributed by atoms with E-state index in [-0.39, 0.29) is 11.3 Å². The Balaban J connectivity index is 1.62. The molecule has 9 heteroatoms.